The van der Waals surface area contributed by atoms with Crippen molar-refractivity contribution >= 4 is 5.78 Å². The average Bonchev–Trinajstić information content (AvgIpc) is 2.20. The van der Waals surface area contributed by atoms with Crippen LogP contribution >= 0.6 is 0 Å². The monoisotopic (exact) mass is 244 g/mol. The van der Waals surface area contributed by atoms with Crippen molar-refractivity contribution in [3.8, 4) is 0 Å². The lowest BCUT2D eigenvalue weighted by Crippen LogP contribution is -2.26. The van der Waals surface area contributed by atoms with Crippen LogP contribution in [-0.4, -0.2) is 12.2 Å². The van der Waals surface area contributed by atoms with Gasteiger partial charge in [-0.1, -0.05) is 19.9 Å². The maximum Gasteiger partial charge on any atom is 0.296 e. The third-order valence-corrected chi connectivity index (χ3v) is 2.79. The number of aryl methyl sites for hydroxylation is 1. The molecule has 1 rings (SSSR count). The average molecular weight is 244 g/mol. The van der Waals surface area contributed by atoms with Crippen molar-refractivity contribution in [2.45, 2.75) is 39.0 Å². The SMILES string of the molecule is Cc1ccc(F)cc1C(C)(C)CC(=O)C(F)F. The van der Waals surface area contributed by atoms with Crippen LogP contribution in [0, 0.1) is 12.7 Å². The summed E-state index contributed by atoms with van der Waals surface area (Å²) in [7, 11) is 0. The van der Waals surface area contributed by atoms with E-state index in [1.165, 1.54) is 12.1 Å². The minimum Gasteiger partial charge on any atom is -0.293 e. The van der Waals surface area contributed by atoms with Crippen LogP contribution in [0.2, 0.25) is 0 Å². The summed E-state index contributed by atoms with van der Waals surface area (Å²) in [6.45, 7) is 5.09. The van der Waals surface area contributed by atoms with E-state index < -0.39 is 23.4 Å². The van der Waals surface area contributed by atoms with Gasteiger partial charge in [0.1, 0.15) is 5.82 Å². The van der Waals surface area contributed by atoms with Gasteiger partial charge in [-0.05, 0) is 35.6 Å². The van der Waals surface area contributed by atoms with E-state index in [-0.39, 0.29) is 6.42 Å². The summed E-state index contributed by atoms with van der Waals surface area (Å²) < 4.78 is 37.6. The van der Waals surface area contributed by atoms with Gasteiger partial charge in [-0.2, -0.15) is 0 Å². The number of carbonyl (C=O) groups is 1. The van der Waals surface area contributed by atoms with Crippen LogP contribution in [0.5, 0.6) is 0 Å². The molecule has 4 heteroatoms. The Hall–Kier alpha value is -1.32. The van der Waals surface area contributed by atoms with E-state index in [1.807, 2.05) is 0 Å². The zero-order valence-electron chi connectivity index (χ0n) is 10.1. The molecule has 0 N–H and O–H groups in total. The van der Waals surface area contributed by atoms with Crippen LogP contribution in [0.3, 0.4) is 0 Å². The minimum atomic E-state index is -2.97. The summed E-state index contributed by atoms with van der Waals surface area (Å²) in [5.74, 6) is -1.54. The lowest BCUT2D eigenvalue weighted by Gasteiger charge is -2.26. The molecule has 1 aromatic carbocycles. The smallest absolute Gasteiger partial charge is 0.293 e. The predicted molar refractivity (Wildman–Crippen MR) is 59.8 cm³/mol. The van der Waals surface area contributed by atoms with Gasteiger partial charge in [-0.15, -0.1) is 0 Å². The normalized spacial score (nSPS) is 11.9. The first-order valence-corrected chi connectivity index (χ1v) is 5.31. The zero-order valence-corrected chi connectivity index (χ0v) is 10.1. The van der Waals surface area contributed by atoms with Gasteiger partial charge in [0.25, 0.3) is 6.43 Å². The molecule has 0 unspecified atom stereocenters. The third kappa shape index (κ3) is 3.32. The number of rotatable bonds is 4. The maximum absolute atomic E-state index is 13.1. The van der Waals surface area contributed by atoms with Gasteiger partial charge < -0.3 is 0 Å². The number of Topliss-reactive ketones (excluding diaryl/α,β-unsaturated/α-hetero) is 1. The molecule has 1 aromatic rings. The summed E-state index contributed by atoms with van der Waals surface area (Å²) >= 11 is 0. The molecule has 0 radical (unpaired) electrons. The van der Waals surface area contributed by atoms with Crippen LogP contribution in [0.1, 0.15) is 31.4 Å². The molecule has 17 heavy (non-hydrogen) atoms. The summed E-state index contributed by atoms with van der Waals surface area (Å²) in [6, 6.07) is 4.19. The number of hydrogen-bond donors (Lipinski definition) is 0. The molecule has 0 saturated carbocycles. The Morgan fingerprint density at radius 1 is 1.35 bits per heavy atom. The van der Waals surface area contributed by atoms with Crippen molar-refractivity contribution in [2.75, 3.05) is 0 Å². The first-order chi connectivity index (χ1) is 7.74. The second-order valence-corrected chi connectivity index (χ2v) is 4.79. The van der Waals surface area contributed by atoms with Gasteiger partial charge in [0.15, 0.2) is 5.78 Å². The van der Waals surface area contributed by atoms with E-state index in [1.54, 1.807) is 26.8 Å². The lowest BCUT2D eigenvalue weighted by atomic mass is 9.78. The maximum atomic E-state index is 13.1. The Labute approximate surface area is 98.6 Å². The van der Waals surface area contributed by atoms with Crippen LogP contribution in [-0.2, 0) is 10.2 Å². The van der Waals surface area contributed by atoms with E-state index in [0.717, 1.165) is 5.56 Å². The fourth-order valence-electron chi connectivity index (χ4n) is 1.93. The molecular formula is C13H15F3O. The Bertz CT molecular complexity index is 425. The molecule has 0 fully saturated rings. The van der Waals surface area contributed by atoms with Crippen LogP contribution in [0.25, 0.3) is 0 Å². The second-order valence-electron chi connectivity index (χ2n) is 4.79. The molecule has 1 nitrogen and oxygen atoms in total. The number of hydrogen-bond acceptors (Lipinski definition) is 1. The van der Waals surface area contributed by atoms with Gasteiger partial charge in [0.05, 0.1) is 0 Å². The standard InChI is InChI=1S/C13H15F3O/c1-8-4-5-9(14)6-10(8)13(2,3)7-11(17)12(15)16/h4-6,12H,7H2,1-3H3. The molecule has 0 heterocycles. The number of alkyl halides is 2. The fourth-order valence-corrected chi connectivity index (χ4v) is 1.93. The van der Waals surface area contributed by atoms with Crippen LogP contribution in [0.4, 0.5) is 13.2 Å². The summed E-state index contributed by atoms with van der Waals surface area (Å²) in [5, 5.41) is 0. The molecule has 0 aliphatic carbocycles. The number of halogens is 3. The van der Waals surface area contributed by atoms with Gasteiger partial charge in [-0.25, -0.2) is 13.2 Å². The zero-order chi connectivity index (χ0) is 13.2. The molecule has 0 aliphatic rings. The van der Waals surface area contributed by atoms with Crippen molar-refractivity contribution in [2.24, 2.45) is 0 Å². The molecule has 0 amide bonds. The quantitative estimate of drug-likeness (QED) is 0.790. The molecule has 94 valence electrons. The van der Waals surface area contributed by atoms with Gasteiger partial charge in [0, 0.05) is 6.42 Å². The Balaban J connectivity index is 3.04. The Morgan fingerprint density at radius 3 is 2.47 bits per heavy atom. The highest BCUT2D eigenvalue weighted by atomic mass is 19.3. The molecule has 0 saturated heterocycles. The largest absolute Gasteiger partial charge is 0.296 e. The number of carbonyl (C=O) groups excluding carboxylic acids is 1. The summed E-state index contributed by atoms with van der Waals surface area (Å²) in [6.07, 6.45) is -3.27. The lowest BCUT2D eigenvalue weighted by molar-refractivity contribution is -0.130. The molecular weight excluding hydrogens is 229 g/mol. The van der Waals surface area contributed by atoms with E-state index in [4.69, 9.17) is 0 Å². The van der Waals surface area contributed by atoms with Gasteiger partial charge in [-0.3, -0.25) is 4.79 Å². The molecule has 0 bridgehead atoms. The molecule has 0 aliphatic heterocycles. The Morgan fingerprint density at radius 2 is 1.94 bits per heavy atom. The summed E-state index contributed by atoms with van der Waals surface area (Å²) in [4.78, 5) is 11.1. The van der Waals surface area contributed by atoms with Crippen molar-refractivity contribution in [1.29, 1.82) is 0 Å². The van der Waals surface area contributed by atoms with E-state index >= 15 is 0 Å². The molecule has 0 spiro atoms. The Kier molecular flexibility index (Phi) is 3.96. The van der Waals surface area contributed by atoms with Gasteiger partial charge in [0.2, 0.25) is 0 Å². The minimum absolute atomic E-state index is 0.297. The van der Waals surface area contributed by atoms with E-state index in [9.17, 15) is 18.0 Å². The van der Waals surface area contributed by atoms with Gasteiger partial charge >= 0.3 is 0 Å². The highest BCUT2D eigenvalue weighted by Crippen LogP contribution is 2.31. The van der Waals surface area contributed by atoms with Crippen molar-refractivity contribution in [3.05, 3.63) is 35.1 Å². The third-order valence-electron chi connectivity index (χ3n) is 2.79. The molecule has 0 atom stereocenters. The highest BCUT2D eigenvalue weighted by molar-refractivity contribution is 5.82. The first kappa shape index (κ1) is 13.7. The van der Waals surface area contributed by atoms with Crippen molar-refractivity contribution < 1.29 is 18.0 Å². The fraction of sp³-hybridized carbons (Fsp3) is 0.462. The topological polar surface area (TPSA) is 17.1 Å². The van der Waals surface area contributed by atoms with Crippen LogP contribution < -0.4 is 0 Å². The van der Waals surface area contributed by atoms with Crippen molar-refractivity contribution in [1.82, 2.24) is 0 Å². The number of benzene rings is 1. The predicted octanol–water partition coefficient (Wildman–Crippen LogP) is 3.64. The second kappa shape index (κ2) is 4.90. The first-order valence-electron chi connectivity index (χ1n) is 5.31. The molecule has 0 aromatic heterocycles. The van der Waals surface area contributed by atoms with Crippen LogP contribution in [0.15, 0.2) is 18.2 Å². The summed E-state index contributed by atoms with van der Waals surface area (Å²) in [5.41, 5.74) is 0.588. The van der Waals surface area contributed by atoms with E-state index in [0.29, 0.717) is 5.56 Å². The van der Waals surface area contributed by atoms with Crippen molar-refractivity contribution in [3.63, 3.8) is 0 Å². The van der Waals surface area contributed by atoms with E-state index in [2.05, 4.69) is 0 Å². The highest BCUT2D eigenvalue weighted by Gasteiger charge is 2.29. The number of ketones is 1.